The van der Waals surface area contributed by atoms with Gasteiger partial charge in [-0.05, 0) is 125 Å². The molecule has 2 aliphatic rings. The summed E-state index contributed by atoms with van der Waals surface area (Å²) in [5.41, 5.74) is 11.3. The molecule has 0 aromatic heterocycles. The second kappa shape index (κ2) is 14.2. The van der Waals surface area contributed by atoms with Crippen molar-refractivity contribution in [3.05, 3.63) is 142 Å². The van der Waals surface area contributed by atoms with E-state index in [-0.39, 0.29) is 11.5 Å². The molecular formula is C47H46N2O2. The zero-order valence-corrected chi connectivity index (χ0v) is 29.7. The highest BCUT2D eigenvalue weighted by atomic mass is 16.3. The number of aliphatic imine (C=N–C) groups is 2. The van der Waals surface area contributed by atoms with E-state index < -0.39 is 0 Å². The van der Waals surface area contributed by atoms with Crippen LogP contribution >= 0.6 is 0 Å². The van der Waals surface area contributed by atoms with Crippen LogP contribution in [-0.4, -0.2) is 22.6 Å². The Kier molecular flexibility index (Phi) is 9.17. The van der Waals surface area contributed by atoms with Crippen molar-refractivity contribution in [1.82, 2.24) is 0 Å². The van der Waals surface area contributed by atoms with E-state index in [1.165, 1.54) is 84.7 Å². The van der Waals surface area contributed by atoms with Crippen LogP contribution < -0.4 is 0 Å². The number of hydrogen-bond acceptors (Lipinski definition) is 4. The van der Waals surface area contributed by atoms with Crippen LogP contribution in [0.2, 0.25) is 0 Å². The molecule has 0 atom stereocenters. The maximum atomic E-state index is 10.8. The van der Waals surface area contributed by atoms with E-state index in [4.69, 9.17) is 9.98 Å². The zero-order valence-electron chi connectivity index (χ0n) is 29.7. The molecule has 0 heterocycles. The lowest BCUT2D eigenvalue weighted by Gasteiger charge is -2.19. The van der Waals surface area contributed by atoms with Gasteiger partial charge in [0.05, 0.1) is 11.4 Å². The Morgan fingerprint density at radius 1 is 0.549 bits per heavy atom. The van der Waals surface area contributed by atoms with E-state index in [9.17, 15) is 10.2 Å². The number of rotatable bonds is 8. The molecule has 256 valence electrons. The van der Waals surface area contributed by atoms with E-state index in [2.05, 4.69) is 62.4 Å². The molecule has 0 amide bonds. The smallest absolute Gasteiger partial charge is 0.124 e. The van der Waals surface area contributed by atoms with Gasteiger partial charge in [-0.2, -0.15) is 0 Å². The van der Waals surface area contributed by atoms with Crippen molar-refractivity contribution >= 4 is 45.3 Å². The van der Waals surface area contributed by atoms with Crippen LogP contribution in [0.4, 0.5) is 11.4 Å². The Morgan fingerprint density at radius 3 is 1.39 bits per heavy atom. The van der Waals surface area contributed by atoms with Crippen molar-refractivity contribution in [2.24, 2.45) is 9.98 Å². The number of phenolic OH excluding ortho intramolecular Hbond substituents is 2. The van der Waals surface area contributed by atoms with Crippen LogP contribution in [-0.2, 0) is 6.42 Å². The molecule has 0 bridgehead atoms. The molecule has 2 saturated carbocycles. The van der Waals surface area contributed by atoms with Gasteiger partial charge < -0.3 is 10.2 Å². The average molecular weight is 671 g/mol. The number of hydrogen-bond donors (Lipinski definition) is 2. The first-order valence-corrected chi connectivity index (χ1v) is 18.7. The number of aromatic hydroxyl groups is 2. The molecule has 0 spiro atoms. The summed E-state index contributed by atoms with van der Waals surface area (Å²) in [4.78, 5) is 10.2. The van der Waals surface area contributed by atoms with Crippen molar-refractivity contribution in [2.45, 2.75) is 83.5 Å². The van der Waals surface area contributed by atoms with Crippen LogP contribution in [0, 0.1) is 13.8 Å². The quantitative estimate of drug-likeness (QED) is 0.158. The Labute approximate surface area is 301 Å². The van der Waals surface area contributed by atoms with E-state index >= 15 is 0 Å². The summed E-state index contributed by atoms with van der Waals surface area (Å²) in [6.07, 6.45) is 14.4. The summed E-state index contributed by atoms with van der Waals surface area (Å²) in [5.74, 6) is 1.50. The Balaban J connectivity index is 1.16. The first kappa shape index (κ1) is 33.0. The van der Waals surface area contributed by atoms with Gasteiger partial charge in [0.1, 0.15) is 11.5 Å². The van der Waals surface area contributed by atoms with Crippen LogP contribution in [0.5, 0.6) is 11.5 Å². The lowest BCUT2D eigenvalue weighted by Crippen LogP contribution is -2.01. The van der Waals surface area contributed by atoms with Gasteiger partial charge in [0.25, 0.3) is 0 Å². The molecule has 2 fully saturated rings. The third-order valence-corrected chi connectivity index (χ3v) is 11.3. The second-order valence-corrected chi connectivity index (χ2v) is 14.8. The second-order valence-electron chi connectivity index (χ2n) is 14.8. The molecule has 4 heteroatoms. The van der Waals surface area contributed by atoms with Crippen molar-refractivity contribution in [1.29, 1.82) is 0 Å². The topological polar surface area (TPSA) is 65.2 Å². The van der Waals surface area contributed by atoms with Crippen molar-refractivity contribution in [3.63, 3.8) is 0 Å². The van der Waals surface area contributed by atoms with E-state index in [1.807, 2.05) is 48.8 Å². The van der Waals surface area contributed by atoms with Crippen LogP contribution in [0.15, 0.2) is 107 Å². The fourth-order valence-electron chi connectivity index (χ4n) is 8.75. The maximum Gasteiger partial charge on any atom is 0.124 e. The fraction of sp³-hybridized carbons (Fsp3) is 0.277. The van der Waals surface area contributed by atoms with E-state index in [1.54, 1.807) is 12.1 Å². The number of phenols is 2. The van der Waals surface area contributed by atoms with Crippen LogP contribution in [0.3, 0.4) is 0 Å². The highest BCUT2D eigenvalue weighted by Gasteiger charge is 2.24. The number of aryl methyl sites for hydroxylation is 2. The molecule has 0 unspecified atom stereocenters. The molecule has 0 saturated heterocycles. The van der Waals surface area contributed by atoms with E-state index in [0.717, 1.165) is 50.5 Å². The van der Waals surface area contributed by atoms with Gasteiger partial charge in [-0.1, -0.05) is 111 Å². The van der Waals surface area contributed by atoms with Gasteiger partial charge in [0.2, 0.25) is 0 Å². The third kappa shape index (κ3) is 6.68. The first-order valence-electron chi connectivity index (χ1n) is 18.7. The van der Waals surface area contributed by atoms with Gasteiger partial charge in [0.15, 0.2) is 0 Å². The lowest BCUT2D eigenvalue weighted by atomic mass is 9.88. The minimum Gasteiger partial charge on any atom is -0.507 e. The molecule has 4 nitrogen and oxygen atoms in total. The van der Waals surface area contributed by atoms with Gasteiger partial charge in [-0.15, -0.1) is 0 Å². The molecule has 2 aliphatic carbocycles. The van der Waals surface area contributed by atoms with Gasteiger partial charge in [0, 0.05) is 23.6 Å². The van der Waals surface area contributed by atoms with Gasteiger partial charge >= 0.3 is 0 Å². The largest absolute Gasteiger partial charge is 0.507 e. The number of fused-ring (bicyclic) bond motifs is 2. The standard InChI is InChI=1S/C47H46N2O2/c1-30-23-32(26-40(34-11-3-4-12-34)46(30)48-28-42-38-17-9-7-15-36(38)19-21-44(42)50)25-33-24-31(2)47(41(27-33)35-13-5-6-14-35)49-29-43-39-18-10-8-16-37(39)20-22-45(43)51/h7-10,15-24,26-29,34-35,50-51H,3-6,11-14,25H2,1-2H3. The van der Waals surface area contributed by atoms with Gasteiger partial charge in [-0.25, -0.2) is 0 Å². The van der Waals surface area contributed by atoms with Crippen molar-refractivity contribution in [2.75, 3.05) is 0 Å². The normalized spacial score (nSPS) is 15.7. The SMILES string of the molecule is Cc1cc(Cc2cc(C)c(N=Cc3c(O)ccc4ccccc34)c(C3CCCC3)c2)cc(C2CCCC2)c1N=Cc1c(O)ccc2ccccc12. The summed E-state index contributed by atoms with van der Waals surface area (Å²) in [7, 11) is 0. The number of benzene rings is 6. The molecule has 2 N–H and O–H groups in total. The number of nitrogens with zero attached hydrogens (tertiary/aromatic N) is 2. The monoisotopic (exact) mass is 670 g/mol. The molecule has 6 aromatic carbocycles. The minimum absolute atomic E-state index is 0.254. The molecule has 0 aliphatic heterocycles. The summed E-state index contributed by atoms with van der Waals surface area (Å²) in [5, 5.41) is 25.8. The minimum atomic E-state index is 0.254. The summed E-state index contributed by atoms with van der Waals surface area (Å²) in [6.45, 7) is 4.38. The lowest BCUT2D eigenvalue weighted by molar-refractivity contribution is 0.475. The molecular weight excluding hydrogens is 625 g/mol. The maximum absolute atomic E-state index is 10.8. The highest BCUT2D eigenvalue weighted by Crippen LogP contribution is 2.44. The predicted octanol–water partition coefficient (Wildman–Crippen LogP) is 12.4. The summed E-state index contributed by atoms with van der Waals surface area (Å²) >= 11 is 0. The van der Waals surface area contributed by atoms with Gasteiger partial charge in [-0.3, -0.25) is 9.98 Å². The Morgan fingerprint density at radius 2 is 0.961 bits per heavy atom. The highest BCUT2D eigenvalue weighted by molar-refractivity contribution is 6.04. The Bertz CT molecular complexity index is 2140. The fourth-order valence-corrected chi connectivity index (χ4v) is 8.75. The molecule has 8 rings (SSSR count). The molecule has 6 aromatic rings. The van der Waals surface area contributed by atoms with Crippen molar-refractivity contribution in [3.8, 4) is 11.5 Å². The zero-order chi connectivity index (χ0) is 34.9. The van der Waals surface area contributed by atoms with Crippen LogP contribution in [0.1, 0.15) is 108 Å². The van der Waals surface area contributed by atoms with E-state index in [0.29, 0.717) is 11.8 Å². The molecule has 51 heavy (non-hydrogen) atoms. The van der Waals surface area contributed by atoms with Crippen molar-refractivity contribution < 1.29 is 10.2 Å². The third-order valence-electron chi connectivity index (χ3n) is 11.3. The summed E-state index contributed by atoms with van der Waals surface area (Å²) < 4.78 is 0. The van der Waals surface area contributed by atoms with Crippen LogP contribution in [0.25, 0.3) is 21.5 Å². The first-order chi connectivity index (χ1) is 24.9. The molecule has 0 radical (unpaired) electrons. The predicted molar refractivity (Wildman–Crippen MR) is 213 cm³/mol. The Hall–Kier alpha value is -5.22. The summed E-state index contributed by atoms with van der Waals surface area (Å²) in [6, 6.07) is 33.2. The average Bonchev–Trinajstić information content (AvgIpc) is 3.88.